The highest BCUT2D eigenvalue weighted by Gasteiger charge is 2.08. The largest absolute Gasteiger partial charge is 0.493 e. The zero-order valence-corrected chi connectivity index (χ0v) is 13.4. The van der Waals surface area contributed by atoms with Crippen LogP contribution in [0.2, 0.25) is 0 Å². The fraction of sp³-hybridized carbons (Fsp3) is 0.562. The zero-order chi connectivity index (χ0) is 15.7. The van der Waals surface area contributed by atoms with E-state index < -0.39 is 0 Å². The molecule has 0 fully saturated rings. The van der Waals surface area contributed by atoms with Gasteiger partial charge in [-0.1, -0.05) is 19.1 Å². The Morgan fingerprint density at radius 3 is 2.62 bits per heavy atom. The van der Waals surface area contributed by atoms with Gasteiger partial charge >= 0.3 is 0 Å². The third-order valence-electron chi connectivity index (χ3n) is 3.56. The number of rotatable bonds is 9. The topological polar surface area (TPSA) is 50.8 Å². The van der Waals surface area contributed by atoms with Crippen LogP contribution in [-0.4, -0.2) is 50.7 Å². The van der Waals surface area contributed by atoms with Gasteiger partial charge in [-0.25, -0.2) is 0 Å². The van der Waals surface area contributed by atoms with E-state index in [2.05, 4.69) is 31.1 Å². The van der Waals surface area contributed by atoms with Gasteiger partial charge in [-0.2, -0.15) is 0 Å². The molecule has 0 spiro atoms. The van der Waals surface area contributed by atoms with Crippen molar-refractivity contribution in [2.75, 3.05) is 33.9 Å². The minimum Gasteiger partial charge on any atom is -0.493 e. The van der Waals surface area contributed by atoms with Crippen molar-refractivity contribution in [3.8, 4) is 11.5 Å². The van der Waals surface area contributed by atoms with E-state index in [4.69, 9.17) is 9.47 Å². The van der Waals surface area contributed by atoms with Crippen LogP contribution in [0.3, 0.4) is 0 Å². The second kappa shape index (κ2) is 9.23. The average Bonchev–Trinajstić information content (AvgIpc) is 2.52. The van der Waals surface area contributed by atoms with Crippen LogP contribution in [0, 0.1) is 0 Å². The van der Waals surface area contributed by atoms with Gasteiger partial charge in [0.2, 0.25) is 0 Å². The van der Waals surface area contributed by atoms with Crippen molar-refractivity contribution in [1.82, 2.24) is 10.2 Å². The third kappa shape index (κ3) is 6.04. The van der Waals surface area contributed by atoms with Crippen LogP contribution in [-0.2, 0) is 4.79 Å². The molecule has 0 bridgehead atoms. The molecule has 0 aromatic heterocycles. The molecule has 1 rings (SSSR count). The number of carbonyl (C=O) groups excluding carboxylic acids is 1. The summed E-state index contributed by atoms with van der Waals surface area (Å²) in [7, 11) is 3.64. The summed E-state index contributed by atoms with van der Waals surface area (Å²) in [5, 5.41) is 2.85. The number of nitrogens with zero attached hydrogens (tertiary/aromatic N) is 1. The minimum atomic E-state index is -0.126. The van der Waals surface area contributed by atoms with Gasteiger partial charge in [-0.05, 0) is 32.5 Å². The lowest BCUT2D eigenvalue weighted by Crippen LogP contribution is -2.38. The van der Waals surface area contributed by atoms with Crippen LogP contribution in [0.4, 0.5) is 0 Å². The van der Waals surface area contributed by atoms with E-state index in [0.717, 1.165) is 13.0 Å². The molecule has 21 heavy (non-hydrogen) atoms. The molecule has 0 aliphatic carbocycles. The first-order chi connectivity index (χ1) is 10.1. The Labute approximate surface area is 127 Å². The molecule has 1 amide bonds. The molecule has 1 unspecified atom stereocenters. The third-order valence-corrected chi connectivity index (χ3v) is 3.56. The van der Waals surface area contributed by atoms with E-state index in [9.17, 15) is 4.79 Å². The van der Waals surface area contributed by atoms with Crippen molar-refractivity contribution < 1.29 is 14.3 Å². The highest BCUT2D eigenvalue weighted by atomic mass is 16.5. The fourth-order valence-electron chi connectivity index (χ4n) is 1.84. The highest BCUT2D eigenvalue weighted by molar-refractivity contribution is 5.77. The second-order valence-corrected chi connectivity index (χ2v) is 5.03. The van der Waals surface area contributed by atoms with Crippen molar-refractivity contribution in [1.29, 1.82) is 0 Å². The summed E-state index contributed by atoms with van der Waals surface area (Å²) in [6, 6.07) is 7.80. The minimum absolute atomic E-state index is 0.00653. The van der Waals surface area contributed by atoms with Crippen LogP contribution in [0.5, 0.6) is 11.5 Å². The monoisotopic (exact) mass is 294 g/mol. The van der Waals surface area contributed by atoms with Gasteiger partial charge in [0.05, 0.1) is 7.11 Å². The lowest BCUT2D eigenvalue weighted by molar-refractivity contribution is -0.123. The second-order valence-electron chi connectivity index (χ2n) is 5.03. The fourth-order valence-corrected chi connectivity index (χ4v) is 1.84. The molecule has 5 nitrogen and oxygen atoms in total. The Hall–Kier alpha value is -1.75. The van der Waals surface area contributed by atoms with Crippen molar-refractivity contribution in [2.24, 2.45) is 0 Å². The van der Waals surface area contributed by atoms with Crippen molar-refractivity contribution in [3.05, 3.63) is 24.3 Å². The molecule has 0 saturated heterocycles. The quantitative estimate of drug-likeness (QED) is 0.756. The van der Waals surface area contributed by atoms with Crippen LogP contribution in [0.1, 0.15) is 20.3 Å². The molecule has 0 saturated carbocycles. The first-order valence-electron chi connectivity index (χ1n) is 7.31. The predicted molar refractivity (Wildman–Crippen MR) is 83.9 cm³/mol. The molecule has 1 atom stereocenters. The van der Waals surface area contributed by atoms with E-state index in [-0.39, 0.29) is 12.5 Å². The van der Waals surface area contributed by atoms with E-state index in [1.807, 2.05) is 12.1 Å². The molecule has 0 radical (unpaired) electrons. The molecule has 0 aliphatic heterocycles. The molecule has 0 aliphatic rings. The van der Waals surface area contributed by atoms with Gasteiger partial charge < -0.3 is 19.7 Å². The number of nitrogens with one attached hydrogen (secondary N) is 1. The normalized spacial score (nSPS) is 12.0. The number of para-hydroxylation sites is 2. The lowest BCUT2D eigenvalue weighted by atomic mass is 10.2. The lowest BCUT2D eigenvalue weighted by Gasteiger charge is -2.23. The number of methoxy groups -OCH3 is 1. The standard InChI is InChI=1S/C16H26N2O3/c1-5-13(2)18(3)11-10-17-16(19)12-21-15-9-7-6-8-14(15)20-4/h6-9,13H,5,10-12H2,1-4H3,(H,17,19). The zero-order valence-electron chi connectivity index (χ0n) is 13.4. The Bertz CT molecular complexity index is 437. The smallest absolute Gasteiger partial charge is 0.257 e. The average molecular weight is 294 g/mol. The van der Waals surface area contributed by atoms with Gasteiger partial charge in [0.25, 0.3) is 5.91 Å². The summed E-state index contributed by atoms with van der Waals surface area (Å²) >= 11 is 0. The maximum atomic E-state index is 11.7. The molecule has 1 N–H and O–H groups in total. The van der Waals surface area contributed by atoms with E-state index >= 15 is 0 Å². The number of likely N-dealkylation sites (N-methyl/N-ethyl adjacent to an activating group) is 1. The van der Waals surface area contributed by atoms with Crippen molar-refractivity contribution in [3.63, 3.8) is 0 Å². The van der Waals surface area contributed by atoms with Gasteiger partial charge in [-0.15, -0.1) is 0 Å². The number of amides is 1. The van der Waals surface area contributed by atoms with Gasteiger partial charge in [0.15, 0.2) is 18.1 Å². The highest BCUT2D eigenvalue weighted by Crippen LogP contribution is 2.25. The first-order valence-corrected chi connectivity index (χ1v) is 7.31. The number of hydrogen-bond acceptors (Lipinski definition) is 4. The molecule has 118 valence electrons. The summed E-state index contributed by atoms with van der Waals surface area (Å²) in [5.74, 6) is 1.08. The Morgan fingerprint density at radius 2 is 2.00 bits per heavy atom. The van der Waals surface area contributed by atoms with Crippen molar-refractivity contribution in [2.45, 2.75) is 26.3 Å². The number of hydrogen-bond donors (Lipinski definition) is 1. The van der Waals surface area contributed by atoms with Crippen molar-refractivity contribution >= 4 is 5.91 Å². The summed E-state index contributed by atoms with van der Waals surface area (Å²) in [6.45, 7) is 5.77. The molecular weight excluding hydrogens is 268 g/mol. The Morgan fingerprint density at radius 1 is 1.33 bits per heavy atom. The van der Waals surface area contributed by atoms with Crippen LogP contribution >= 0.6 is 0 Å². The number of benzene rings is 1. The van der Waals surface area contributed by atoms with Crippen LogP contribution in [0.15, 0.2) is 24.3 Å². The molecule has 0 heterocycles. The summed E-state index contributed by atoms with van der Waals surface area (Å²) < 4.78 is 10.6. The summed E-state index contributed by atoms with van der Waals surface area (Å²) in [5.41, 5.74) is 0. The van der Waals surface area contributed by atoms with Gasteiger partial charge in [0.1, 0.15) is 0 Å². The van der Waals surface area contributed by atoms with E-state index in [1.165, 1.54) is 0 Å². The SMILES string of the molecule is CCC(C)N(C)CCNC(=O)COc1ccccc1OC. The molecule has 5 heteroatoms. The van der Waals surface area contributed by atoms with Crippen LogP contribution in [0.25, 0.3) is 0 Å². The summed E-state index contributed by atoms with van der Waals surface area (Å²) in [4.78, 5) is 14.0. The maximum Gasteiger partial charge on any atom is 0.257 e. The number of ether oxygens (including phenoxy) is 2. The Balaban J connectivity index is 2.28. The number of carbonyl (C=O) groups is 1. The van der Waals surface area contributed by atoms with Gasteiger partial charge in [0, 0.05) is 19.1 Å². The first kappa shape index (κ1) is 17.3. The summed E-state index contributed by atoms with van der Waals surface area (Å²) in [6.07, 6.45) is 1.10. The van der Waals surface area contributed by atoms with E-state index in [0.29, 0.717) is 24.1 Å². The van der Waals surface area contributed by atoms with E-state index in [1.54, 1.807) is 19.2 Å². The van der Waals surface area contributed by atoms with Crippen LogP contribution < -0.4 is 14.8 Å². The molecule has 1 aromatic rings. The van der Waals surface area contributed by atoms with Gasteiger partial charge in [-0.3, -0.25) is 4.79 Å². The predicted octanol–water partition coefficient (Wildman–Crippen LogP) is 1.92. The maximum absolute atomic E-state index is 11.7. The Kier molecular flexibility index (Phi) is 7.61. The molecule has 1 aromatic carbocycles. The molecular formula is C16H26N2O3.